The van der Waals surface area contributed by atoms with Crippen molar-refractivity contribution < 1.29 is 9.18 Å². The highest BCUT2D eigenvalue weighted by Crippen LogP contribution is 2.33. The molecule has 0 aliphatic carbocycles. The molecule has 102 valence electrons. The maximum atomic E-state index is 14.1. The highest BCUT2D eigenvalue weighted by atomic mass is 79.9. The molecule has 0 spiro atoms. The second kappa shape index (κ2) is 5.02. The summed E-state index contributed by atoms with van der Waals surface area (Å²) < 4.78 is 14.4. The first-order valence-electron chi connectivity index (χ1n) is 6.45. The molecule has 2 aromatic carbocycles. The summed E-state index contributed by atoms with van der Waals surface area (Å²) >= 11 is 3.12. The predicted octanol–water partition coefficient (Wildman–Crippen LogP) is 4.18. The summed E-state index contributed by atoms with van der Waals surface area (Å²) in [6.45, 7) is 1.98. The van der Waals surface area contributed by atoms with E-state index in [1.54, 1.807) is 17.0 Å². The summed E-state index contributed by atoms with van der Waals surface area (Å²) in [6, 6.07) is 12.6. The number of amides is 1. The number of anilines is 1. The van der Waals surface area contributed by atoms with Gasteiger partial charge in [0.05, 0.1) is 10.0 Å². The van der Waals surface area contributed by atoms with Crippen LogP contribution in [0.15, 0.2) is 46.9 Å². The summed E-state index contributed by atoms with van der Waals surface area (Å²) in [5.41, 5.74) is 2.11. The molecule has 0 bridgehead atoms. The molecule has 0 N–H and O–H groups in total. The maximum Gasteiger partial charge on any atom is 0.261 e. The number of carbonyl (C=O) groups is 1. The van der Waals surface area contributed by atoms with Crippen LogP contribution >= 0.6 is 15.9 Å². The van der Waals surface area contributed by atoms with Crippen LogP contribution in [-0.2, 0) is 6.42 Å². The van der Waals surface area contributed by atoms with Crippen molar-refractivity contribution in [2.45, 2.75) is 19.4 Å². The number of para-hydroxylation sites is 1. The minimum absolute atomic E-state index is 0.0401. The highest BCUT2D eigenvalue weighted by Gasteiger charge is 2.32. The summed E-state index contributed by atoms with van der Waals surface area (Å²) in [5.74, 6) is -0.796. The Balaban J connectivity index is 2.05. The molecular formula is C16H13BrFNO. The quantitative estimate of drug-likeness (QED) is 0.766. The second-order valence-corrected chi connectivity index (χ2v) is 5.81. The number of nitrogens with zero attached hydrogens (tertiary/aromatic N) is 1. The van der Waals surface area contributed by atoms with E-state index >= 15 is 0 Å². The van der Waals surface area contributed by atoms with E-state index in [0.29, 0.717) is 4.47 Å². The van der Waals surface area contributed by atoms with Crippen LogP contribution < -0.4 is 4.90 Å². The van der Waals surface area contributed by atoms with Gasteiger partial charge in [-0.2, -0.15) is 0 Å². The number of carbonyl (C=O) groups excluding carboxylic acids is 1. The largest absolute Gasteiger partial charge is 0.305 e. The lowest BCUT2D eigenvalue weighted by Gasteiger charge is -2.23. The number of fused-ring (bicyclic) bond motifs is 1. The first-order valence-corrected chi connectivity index (χ1v) is 7.24. The summed E-state index contributed by atoms with van der Waals surface area (Å²) in [7, 11) is 0. The van der Waals surface area contributed by atoms with E-state index in [1.165, 1.54) is 6.07 Å². The van der Waals surface area contributed by atoms with Gasteiger partial charge in [0, 0.05) is 11.7 Å². The molecule has 4 heteroatoms. The van der Waals surface area contributed by atoms with Gasteiger partial charge in [0.1, 0.15) is 5.82 Å². The molecule has 3 rings (SSSR count). The van der Waals surface area contributed by atoms with Gasteiger partial charge in [-0.15, -0.1) is 0 Å². The van der Waals surface area contributed by atoms with Gasteiger partial charge in [0.2, 0.25) is 0 Å². The number of rotatable bonds is 1. The zero-order valence-corrected chi connectivity index (χ0v) is 12.5. The summed E-state index contributed by atoms with van der Waals surface area (Å²) in [5, 5.41) is 0. The molecule has 1 aliphatic rings. The van der Waals surface area contributed by atoms with Crippen LogP contribution in [-0.4, -0.2) is 11.9 Å². The average molecular weight is 334 g/mol. The van der Waals surface area contributed by atoms with E-state index < -0.39 is 5.82 Å². The Bertz CT molecular complexity index is 686. The number of halogens is 2. The van der Waals surface area contributed by atoms with E-state index in [4.69, 9.17) is 0 Å². The zero-order chi connectivity index (χ0) is 14.3. The molecule has 0 saturated carbocycles. The van der Waals surface area contributed by atoms with Gasteiger partial charge in [-0.25, -0.2) is 4.39 Å². The van der Waals surface area contributed by atoms with Gasteiger partial charge < -0.3 is 4.90 Å². The van der Waals surface area contributed by atoms with Gasteiger partial charge in [0.15, 0.2) is 0 Å². The standard InChI is InChI=1S/C16H13BrFNO/c1-10-9-11-5-2-3-8-14(11)19(10)16(20)12-6-4-7-13(17)15(12)18/h2-8,10H,9H2,1H3. The molecule has 1 unspecified atom stereocenters. The van der Waals surface area contributed by atoms with Crippen molar-refractivity contribution >= 4 is 27.5 Å². The Hall–Kier alpha value is -1.68. The number of benzene rings is 2. The van der Waals surface area contributed by atoms with E-state index in [0.717, 1.165) is 17.7 Å². The molecule has 2 aromatic rings. The van der Waals surface area contributed by atoms with Gasteiger partial charge in [0.25, 0.3) is 5.91 Å². The molecule has 1 amide bonds. The van der Waals surface area contributed by atoms with Crippen LogP contribution in [0.2, 0.25) is 0 Å². The fraction of sp³-hybridized carbons (Fsp3) is 0.188. The first-order chi connectivity index (χ1) is 9.59. The highest BCUT2D eigenvalue weighted by molar-refractivity contribution is 9.10. The lowest BCUT2D eigenvalue weighted by Crippen LogP contribution is -2.36. The molecule has 1 aliphatic heterocycles. The topological polar surface area (TPSA) is 20.3 Å². The van der Waals surface area contributed by atoms with E-state index in [2.05, 4.69) is 15.9 Å². The second-order valence-electron chi connectivity index (χ2n) is 4.96. The molecule has 1 heterocycles. The molecule has 1 atom stereocenters. The maximum absolute atomic E-state index is 14.1. The van der Waals surface area contributed by atoms with Crippen LogP contribution in [0.3, 0.4) is 0 Å². The lowest BCUT2D eigenvalue weighted by molar-refractivity contribution is 0.0977. The van der Waals surface area contributed by atoms with Crippen LogP contribution in [0.5, 0.6) is 0 Å². The van der Waals surface area contributed by atoms with Gasteiger partial charge >= 0.3 is 0 Å². The fourth-order valence-electron chi connectivity index (χ4n) is 2.67. The lowest BCUT2D eigenvalue weighted by atomic mass is 10.1. The van der Waals surface area contributed by atoms with Crippen LogP contribution in [0.4, 0.5) is 10.1 Å². The SMILES string of the molecule is CC1Cc2ccccc2N1C(=O)c1cccc(Br)c1F. The average Bonchev–Trinajstić information content (AvgIpc) is 2.77. The monoisotopic (exact) mass is 333 g/mol. The molecule has 0 radical (unpaired) electrons. The zero-order valence-electron chi connectivity index (χ0n) is 10.9. The fourth-order valence-corrected chi connectivity index (χ4v) is 3.04. The van der Waals surface area contributed by atoms with E-state index in [-0.39, 0.29) is 17.5 Å². The van der Waals surface area contributed by atoms with Crippen molar-refractivity contribution in [3.63, 3.8) is 0 Å². The van der Waals surface area contributed by atoms with Gasteiger partial charge in [-0.1, -0.05) is 24.3 Å². The smallest absolute Gasteiger partial charge is 0.261 e. The Labute approximate surface area is 125 Å². The van der Waals surface area contributed by atoms with Crippen LogP contribution in [0.25, 0.3) is 0 Å². The molecule has 0 saturated heterocycles. The Kier molecular flexibility index (Phi) is 3.34. The Morgan fingerprint density at radius 1 is 1.25 bits per heavy atom. The minimum Gasteiger partial charge on any atom is -0.305 e. The van der Waals surface area contributed by atoms with Crippen LogP contribution in [0, 0.1) is 5.82 Å². The third-order valence-electron chi connectivity index (χ3n) is 3.61. The van der Waals surface area contributed by atoms with Gasteiger partial charge in [-0.05, 0) is 53.0 Å². The van der Waals surface area contributed by atoms with Crippen molar-refractivity contribution in [2.24, 2.45) is 0 Å². The summed E-state index contributed by atoms with van der Waals surface area (Å²) in [6.07, 6.45) is 0.803. The third-order valence-corrected chi connectivity index (χ3v) is 4.22. The Morgan fingerprint density at radius 3 is 2.80 bits per heavy atom. The normalized spacial score (nSPS) is 17.1. The molecule has 0 aromatic heterocycles. The molecule has 2 nitrogen and oxygen atoms in total. The number of hydrogen-bond acceptors (Lipinski definition) is 1. The van der Waals surface area contributed by atoms with Crippen molar-refractivity contribution in [3.8, 4) is 0 Å². The van der Waals surface area contributed by atoms with E-state index in [9.17, 15) is 9.18 Å². The van der Waals surface area contributed by atoms with E-state index in [1.807, 2.05) is 31.2 Å². The van der Waals surface area contributed by atoms with Crippen LogP contribution in [0.1, 0.15) is 22.8 Å². The summed E-state index contributed by atoms with van der Waals surface area (Å²) in [4.78, 5) is 14.3. The van der Waals surface area contributed by atoms with Crippen molar-refractivity contribution in [1.29, 1.82) is 0 Å². The van der Waals surface area contributed by atoms with Gasteiger partial charge in [-0.3, -0.25) is 4.79 Å². The molecular weight excluding hydrogens is 321 g/mol. The predicted molar refractivity (Wildman–Crippen MR) is 80.5 cm³/mol. The molecule has 0 fully saturated rings. The minimum atomic E-state index is -0.505. The first kappa shape index (κ1) is 13.3. The van der Waals surface area contributed by atoms with Crippen molar-refractivity contribution in [3.05, 3.63) is 63.9 Å². The van der Waals surface area contributed by atoms with Crippen molar-refractivity contribution in [1.82, 2.24) is 0 Å². The molecule has 20 heavy (non-hydrogen) atoms. The number of hydrogen-bond donors (Lipinski definition) is 0. The Morgan fingerprint density at radius 2 is 2.00 bits per heavy atom. The third kappa shape index (κ3) is 2.04. The van der Waals surface area contributed by atoms with Crippen molar-refractivity contribution in [2.75, 3.05) is 4.90 Å².